The molecule has 0 aliphatic heterocycles. The average molecular weight is 490 g/mol. The van der Waals surface area contributed by atoms with Gasteiger partial charge in [-0.15, -0.1) is 0 Å². The molecular formula is C22H23N3O6S2. The smallest absolute Gasteiger partial charge is 0.240 e. The number of hydrogen-bond donors (Lipinski definition) is 2. The molecule has 1 aliphatic rings. The van der Waals surface area contributed by atoms with Crippen LogP contribution in [0.15, 0.2) is 76.7 Å². The molecule has 1 saturated carbocycles. The molecule has 1 heterocycles. The SMILES string of the molecule is COc1ccc(Oc2cc(CNS(=O)(=O)c3ccc(S(=O)(=O)NC4CC4)cc3)ccn2)cc1. The third-order valence-corrected chi connectivity index (χ3v) is 7.84. The molecule has 1 fully saturated rings. The summed E-state index contributed by atoms with van der Waals surface area (Å²) in [7, 11) is -5.92. The molecule has 0 atom stereocenters. The standard InChI is InChI=1S/C22H23N3O6S2/c1-30-18-4-6-19(7-5-18)31-22-14-16(12-13-23-22)15-24-32(26,27)20-8-10-21(11-9-20)33(28,29)25-17-2-3-17/h4-14,17,24-25H,2-3,15H2,1H3. The van der Waals surface area contributed by atoms with Gasteiger partial charge in [0, 0.05) is 24.8 Å². The van der Waals surface area contributed by atoms with Gasteiger partial charge in [0.2, 0.25) is 25.9 Å². The highest BCUT2D eigenvalue weighted by atomic mass is 32.2. The minimum atomic E-state index is -3.85. The van der Waals surface area contributed by atoms with Gasteiger partial charge in [-0.1, -0.05) is 0 Å². The first-order valence-electron chi connectivity index (χ1n) is 10.1. The van der Waals surface area contributed by atoms with E-state index in [0.29, 0.717) is 22.9 Å². The Balaban J connectivity index is 1.40. The van der Waals surface area contributed by atoms with Crippen molar-refractivity contribution < 1.29 is 26.3 Å². The van der Waals surface area contributed by atoms with Crippen LogP contribution < -0.4 is 18.9 Å². The molecule has 0 saturated heterocycles. The van der Waals surface area contributed by atoms with E-state index in [2.05, 4.69) is 14.4 Å². The predicted octanol–water partition coefficient (Wildman–Crippen LogP) is 2.80. The Bertz CT molecular complexity index is 1320. The minimum Gasteiger partial charge on any atom is -0.497 e. The van der Waals surface area contributed by atoms with Gasteiger partial charge in [-0.05, 0) is 73.0 Å². The molecule has 2 aromatic carbocycles. The number of methoxy groups -OCH3 is 1. The zero-order valence-corrected chi connectivity index (χ0v) is 19.4. The molecule has 0 radical (unpaired) electrons. The highest BCUT2D eigenvalue weighted by Crippen LogP contribution is 2.24. The fourth-order valence-corrected chi connectivity index (χ4v) is 5.25. The van der Waals surface area contributed by atoms with Crippen molar-refractivity contribution in [3.05, 3.63) is 72.4 Å². The zero-order chi connectivity index (χ0) is 23.5. The van der Waals surface area contributed by atoms with Crippen LogP contribution in [0.1, 0.15) is 18.4 Å². The molecule has 1 aliphatic carbocycles. The monoisotopic (exact) mass is 489 g/mol. The van der Waals surface area contributed by atoms with Crippen molar-refractivity contribution >= 4 is 20.0 Å². The molecule has 174 valence electrons. The van der Waals surface area contributed by atoms with Crippen molar-refractivity contribution in [2.75, 3.05) is 7.11 Å². The van der Waals surface area contributed by atoms with Gasteiger partial charge in [0.15, 0.2) is 0 Å². The number of nitrogens with one attached hydrogen (secondary N) is 2. The Kier molecular flexibility index (Phi) is 6.66. The van der Waals surface area contributed by atoms with Gasteiger partial charge < -0.3 is 9.47 Å². The molecule has 4 rings (SSSR count). The molecule has 11 heteroatoms. The van der Waals surface area contributed by atoms with Crippen LogP contribution in [-0.2, 0) is 26.6 Å². The minimum absolute atomic E-state index is 0.00706. The van der Waals surface area contributed by atoms with Gasteiger partial charge in [0.1, 0.15) is 11.5 Å². The molecule has 1 aromatic heterocycles. The predicted molar refractivity (Wildman–Crippen MR) is 121 cm³/mol. The van der Waals surface area contributed by atoms with Crippen LogP contribution in [0.3, 0.4) is 0 Å². The Morgan fingerprint density at radius 3 is 2.09 bits per heavy atom. The van der Waals surface area contributed by atoms with Crippen LogP contribution in [0.2, 0.25) is 0 Å². The first-order valence-corrected chi connectivity index (χ1v) is 13.1. The quantitative estimate of drug-likeness (QED) is 0.449. The Hall–Kier alpha value is -2.99. The van der Waals surface area contributed by atoms with Crippen molar-refractivity contribution in [1.82, 2.24) is 14.4 Å². The van der Waals surface area contributed by atoms with Gasteiger partial charge in [0.25, 0.3) is 0 Å². The first-order chi connectivity index (χ1) is 15.7. The van der Waals surface area contributed by atoms with Crippen LogP contribution in [0, 0.1) is 0 Å². The second kappa shape index (κ2) is 9.48. The van der Waals surface area contributed by atoms with E-state index in [1.165, 1.54) is 30.5 Å². The summed E-state index contributed by atoms with van der Waals surface area (Å²) in [6.45, 7) is 0.00706. The van der Waals surface area contributed by atoms with Gasteiger partial charge in [-0.3, -0.25) is 0 Å². The van der Waals surface area contributed by atoms with E-state index in [0.717, 1.165) is 12.8 Å². The number of aromatic nitrogens is 1. The van der Waals surface area contributed by atoms with Gasteiger partial charge >= 0.3 is 0 Å². The lowest BCUT2D eigenvalue weighted by atomic mass is 10.3. The number of rotatable bonds is 10. The summed E-state index contributed by atoms with van der Waals surface area (Å²) in [6, 6.07) is 15.4. The van der Waals surface area contributed by atoms with Crippen molar-refractivity contribution in [2.24, 2.45) is 0 Å². The number of sulfonamides is 2. The highest BCUT2D eigenvalue weighted by Gasteiger charge is 2.28. The lowest BCUT2D eigenvalue weighted by molar-refractivity contribution is 0.412. The van der Waals surface area contributed by atoms with Crippen LogP contribution in [0.4, 0.5) is 0 Å². The molecule has 3 aromatic rings. The molecule has 0 spiro atoms. The van der Waals surface area contributed by atoms with E-state index in [9.17, 15) is 16.8 Å². The lowest BCUT2D eigenvalue weighted by Crippen LogP contribution is -2.26. The van der Waals surface area contributed by atoms with E-state index in [1.54, 1.807) is 43.5 Å². The summed E-state index contributed by atoms with van der Waals surface area (Å²) in [5, 5.41) is 0. The summed E-state index contributed by atoms with van der Waals surface area (Å²) in [6.07, 6.45) is 3.16. The fourth-order valence-electron chi connectivity index (χ4n) is 2.93. The van der Waals surface area contributed by atoms with Crippen molar-refractivity contribution in [2.45, 2.75) is 35.2 Å². The van der Waals surface area contributed by atoms with Gasteiger partial charge in [-0.2, -0.15) is 0 Å². The van der Waals surface area contributed by atoms with E-state index in [4.69, 9.17) is 9.47 Å². The number of hydrogen-bond acceptors (Lipinski definition) is 7. The number of benzene rings is 2. The van der Waals surface area contributed by atoms with Crippen molar-refractivity contribution in [3.8, 4) is 17.4 Å². The second-order valence-corrected chi connectivity index (χ2v) is 11.0. The lowest BCUT2D eigenvalue weighted by Gasteiger charge is -2.10. The third-order valence-electron chi connectivity index (χ3n) is 4.89. The Morgan fingerprint density at radius 2 is 1.48 bits per heavy atom. The molecule has 9 nitrogen and oxygen atoms in total. The Labute approximate surface area is 192 Å². The number of ether oxygens (including phenoxy) is 2. The molecule has 0 bridgehead atoms. The van der Waals surface area contributed by atoms with Crippen molar-refractivity contribution in [1.29, 1.82) is 0 Å². The van der Waals surface area contributed by atoms with E-state index < -0.39 is 20.0 Å². The molecule has 0 amide bonds. The normalized spacial score (nSPS) is 14.1. The maximum absolute atomic E-state index is 12.7. The summed E-state index contributed by atoms with van der Waals surface area (Å²) in [4.78, 5) is 4.14. The topological polar surface area (TPSA) is 124 Å². The largest absolute Gasteiger partial charge is 0.497 e. The summed E-state index contributed by atoms with van der Waals surface area (Å²) >= 11 is 0. The first kappa shape index (κ1) is 23.2. The number of nitrogens with zero attached hydrogens (tertiary/aromatic N) is 1. The maximum atomic E-state index is 12.7. The van der Waals surface area contributed by atoms with E-state index in [1.807, 2.05) is 0 Å². The fraction of sp³-hybridized carbons (Fsp3) is 0.227. The molecule has 33 heavy (non-hydrogen) atoms. The van der Waals surface area contributed by atoms with E-state index in [-0.39, 0.29) is 22.4 Å². The maximum Gasteiger partial charge on any atom is 0.240 e. The van der Waals surface area contributed by atoms with Crippen molar-refractivity contribution in [3.63, 3.8) is 0 Å². The van der Waals surface area contributed by atoms with Gasteiger partial charge in [0.05, 0.1) is 16.9 Å². The average Bonchev–Trinajstić information content (AvgIpc) is 3.62. The van der Waals surface area contributed by atoms with Crippen LogP contribution in [0.25, 0.3) is 0 Å². The summed E-state index contributed by atoms with van der Waals surface area (Å²) < 4.78 is 65.7. The van der Waals surface area contributed by atoms with Crippen LogP contribution in [0.5, 0.6) is 17.4 Å². The second-order valence-electron chi connectivity index (χ2n) is 7.47. The van der Waals surface area contributed by atoms with E-state index >= 15 is 0 Å². The summed E-state index contributed by atoms with van der Waals surface area (Å²) in [5.41, 5.74) is 0.643. The molecular weight excluding hydrogens is 466 g/mol. The molecule has 0 unspecified atom stereocenters. The number of pyridine rings is 1. The van der Waals surface area contributed by atoms with Crippen LogP contribution >= 0.6 is 0 Å². The highest BCUT2D eigenvalue weighted by molar-refractivity contribution is 7.90. The van der Waals surface area contributed by atoms with Crippen LogP contribution in [-0.4, -0.2) is 35.0 Å². The third kappa shape index (κ3) is 6.08. The summed E-state index contributed by atoms with van der Waals surface area (Å²) in [5.74, 6) is 1.57. The molecule has 2 N–H and O–H groups in total. The zero-order valence-electron chi connectivity index (χ0n) is 17.8. The Morgan fingerprint density at radius 1 is 0.879 bits per heavy atom. The van der Waals surface area contributed by atoms with Gasteiger partial charge in [-0.25, -0.2) is 31.3 Å².